The van der Waals surface area contributed by atoms with Gasteiger partial charge in [-0.05, 0) is 48.9 Å². The molecule has 4 rings (SSSR count). The van der Waals surface area contributed by atoms with E-state index in [4.69, 9.17) is 5.10 Å². The predicted octanol–water partition coefficient (Wildman–Crippen LogP) is 5.43. The van der Waals surface area contributed by atoms with Crippen molar-refractivity contribution in [1.29, 1.82) is 0 Å². The maximum absolute atomic E-state index is 4.83. The minimum Gasteiger partial charge on any atom is -0.235 e. The standard InChI is InChI=1S/C19H19N3S/c1-4-13(3)15-6-8-19-20-11-16(22(19)21-15)18-10-14-9-12(2)5-7-17(14)23-18/h5-11,13H,4H2,1-3H3. The van der Waals surface area contributed by atoms with Crippen LogP contribution in [0.1, 0.15) is 37.4 Å². The fourth-order valence-corrected chi connectivity index (χ4v) is 3.85. The Morgan fingerprint density at radius 3 is 2.87 bits per heavy atom. The van der Waals surface area contributed by atoms with E-state index >= 15 is 0 Å². The van der Waals surface area contributed by atoms with E-state index in [0.29, 0.717) is 5.92 Å². The average molecular weight is 321 g/mol. The number of imidazole rings is 1. The molecule has 23 heavy (non-hydrogen) atoms. The van der Waals surface area contributed by atoms with Gasteiger partial charge in [-0.2, -0.15) is 5.10 Å². The predicted molar refractivity (Wildman–Crippen MR) is 97.2 cm³/mol. The van der Waals surface area contributed by atoms with Gasteiger partial charge in [0.1, 0.15) is 5.69 Å². The fraction of sp³-hybridized carbons (Fsp3) is 0.263. The Kier molecular flexibility index (Phi) is 3.42. The number of rotatable bonds is 3. The first kappa shape index (κ1) is 14.4. The number of aryl methyl sites for hydroxylation is 1. The van der Waals surface area contributed by atoms with E-state index in [-0.39, 0.29) is 0 Å². The SMILES string of the molecule is CCC(C)c1ccc2ncc(-c3cc4cc(C)ccc4s3)n2n1. The number of aromatic nitrogens is 3. The van der Waals surface area contributed by atoms with Crippen LogP contribution in [0.4, 0.5) is 0 Å². The smallest absolute Gasteiger partial charge is 0.154 e. The van der Waals surface area contributed by atoms with Gasteiger partial charge >= 0.3 is 0 Å². The van der Waals surface area contributed by atoms with Gasteiger partial charge in [0, 0.05) is 4.70 Å². The summed E-state index contributed by atoms with van der Waals surface area (Å²) in [6.45, 7) is 6.54. The first-order chi connectivity index (χ1) is 11.2. The van der Waals surface area contributed by atoms with Crippen LogP contribution in [0, 0.1) is 6.92 Å². The van der Waals surface area contributed by atoms with Gasteiger partial charge in [-0.3, -0.25) is 0 Å². The summed E-state index contributed by atoms with van der Waals surface area (Å²) in [6.07, 6.45) is 3.02. The molecule has 1 aromatic carbocycles. The maximum Gasteiger partial charge on any atom is 0.154 e. The van der Waals surface area contributed by atoms with Crippen molar-refractivity contribution in [1.82, 2.24) is 14.6 Å². The van der Waals surface area contributed by atoms with E-state index in [1.165, 1.54) is 20.5 Å². The molecule has 0 radical (unpaired) electrons. The van der Waals surface area contributed by atoms with Crippen molar-refractivity contribution >= 4 is 27.1 Å². The summed E-state index contributed by atoms with van der Waals surface area (Å²) in [5.41, 5.74) is 4.39. The zero-order chi connectivity index (χ0) is 16.0. The van der Waals surface area contributed by atoms with Gasteiger partial charge < -0.3 is 0 Å². The Bertz CT molecular complexity index is 996. The first-order valence-electron chi connectivity index (χ1n) is 8.01. The van der Waals surface area contributed by atoms with E-state index in [1.54, 1.807) is 11.3 Å². The molecular weight excluding hydrogens is 302 g/mol. The van der Waals surface area contributed by atoms with Crippen LogP contribution in [0.2, 0.25) is 0 Å². The molecule has 3 heterocycles. The van der Waals surface area contributed by atoms with Crippen LogP contribution in [-0.4, -0.2) is 14.6 Å². The first-order valence-corrected chi connectivity index (χ1v) is 8.82. The maximum atomic E-state index is 4.83. The summed E-state index contributed by atoms with van der Waals surface area (Å²) in [6, 6.07) is 13.0. The Hall–Kier alpha value is -2.20. The summed E-state index contributed by atoms with van der Waals surface area (Å²) in [5, 5.41) is 6.12. The van der Waals surface area contributed by atoms with Crippen molar-refractivity contribution in [3.05, 3.63) is 53.9 Å². The minimum atomic E-state index is 0.458. The molecule has 0 saturated carbocycles. The fourth-order valence-electron chi connectivity index (χ4n) is 2.82. The molecule has 4 heteroatoms. The van der Waals surface area contributed by atoms with E-state index < -0.39 is 0 Å². The van der Waals surface area contributed by atoms with Gasteiger partial charge in [-0.1, -0.05) is 31.5 Å². The second-order valence-electron chi connectivity index (χ2n) is 6.13. The van der Waals surface area contributed by atoms with Crippen molar-refractivity contribution in [2.24, 2.45) is 0 Å². The van der Waals surface area contributed by atoms with Crippen LogP contribution in [0.3, 0.4) is 0 Å². The molecule has 0 fully saturated rings. The summed E-state index contributed by atoms with van der Waals surface area (Å²) >= 11 is 1.80. The molecule has 0 saturated heterocycles. The van der Waals surface area contributed by atoms with Crippen molar-refractivity contribution in [2.45, 2.75) is 33.1 Å². The van der Waals surface area contributed by atoms with Gasteiger partial charge in [-0.15, -0.1) is 11.3 Å². The van der Waals surface area contributed by atoms with Gasteiger partial charge in [0.2, 0.25) is 0 Å². The van der Waals surface area contributed by atoms with Gasteiger partial charge in [-0.25, -0.2) is 9.50 Å². The number of thiophene rings is 1. The lowest BCUT2D eigenvalue weighted by Gasteiger charge is -2.08. The highest BCUT2D eigenvalue weighted by Crippen LogP contribution is 2.34. The second-order valence-corrected chi connectivity index (χ2v) is 7.22. The number of hydrogen-bond acceptors (Lipinski definition) is 3. The topological polar surface area (TPSA) is 30.2 Å². The summed E-state index contributed by atoms with van der Waals surface area (Å²) in [4.78, 5) is 5.73. The average Bonchev–Trinajstić information content (AvgIpc) is 3.16. The lowest BCUT2D eigenvalue weighted by atomic mass is 10.1. The number of hydrogen-bond donors (Lipinski definition) is 0. The molecule has 0 spiro atoms. The molecule has 4 aromatic rings. The molecule has 116 valence electrons. The van der Waals surface area contributed by atoms with Crippen molar-refractivity contribution in [3.8, 4) is 10.6 Å². The Morgan fingerprint density at radius 1 is 1.17 bits per heavy atom. The minimum absolute atomic E-state index is 0.458. The molecule has 1 unspecified atom stereocenters. The van der Waals surface area contributed by atoms with E-state index in [9.17, 15) is 0 Å². The zero-order valence-electron chi connectivity index (χ0n) is 13.6. The van der Waals surface area contributed by atoms with Crippen molar-refractivity contribution < 1.29 is 0 Å². The summed E-state index contributed by atoms with van der Waals surface area (Å²) < 4.78 is 3.29. The Morgan fingerprint density at radius 2 is 2.04 bits per heavy atom. The summed E-state index contributed by atoms with van der Waals surface area (Å²) in [7, 11) is 0. The van der Waals surface area contributed by atoms with Crippen molar-refractivity contribution in [3.63, 3.8) is 0 Å². The van der Waals surface area contributed by atoms with Crippen LogP contribution in [0.25, 0.3) is 26.3 Å². The van der Waals surface area contributed by atoms with Crippen LogP contribution in [0.5, 0.6) is 0 Å². The zero-order valence-corrected chi connectivity index (χ0v) is 14.4. The van der Waals surface area contributed by atoms with Crippen molar-refractivity contribution in [2.75, 3.05) is 0 Å². The van der Waals surface area contributed by atoms with Crippen LogP contribution in [-0.2, 0) is 0 Å². The third-order valence-electron chi connectivity index (χ3n) is 4.42. The van der Waals surface area contributed by atoms with Gasteiger partial charge in [0.05, 0.1) is 16.8 Å². The molecule has 0 bridgehead atoms. The highest BCUT2D eigenvalue weighted by Gasteiger charge is 2.13. The number of nitrogens with zero attached hydrogens (tertiary/aromatic N) is 3. The molecule has 0 N–H and O–H groups in total. The highest BCUT2D eigenvalue weighted by molar-refractivity contribution is 7.22. The quantitative estimate of drug-likeness (QED) is 0.503. The molecule has 1 atom stereocenters. The molecular formula is C19H19N3S. The van der Waals surface area contributed by atoms with Gasteiger partial charge in [0.25, 0.3) is 0 Å². The molecule has 0 aliphatic carbocycles. The van der Waals surface area contributed by atoms with E-state index in [0.717, 1.165) is 23.5 Å². The van der Waals surface area contributed by atoms with Crippen LogP contribution >= 0.6 is 11.3 Å². The normalized spacial score (nSPS) is 13.0. The van der Waals surface area contributed by atoms with Gasteiger partial charge in [0.15, 0.2) is 5.65 Å². The molecule has 3 nitrogen and oxygen atoms in total. The largest absolute Gasteiger partial charge is 0.235 e. The molecule has 0 aliphatic rings. The van der Waals surface area contributed by atoms with E-state index in [2.05, 4.69) is 62.2 Å². The molecule has 0 amide bonds. The van der Waals surface area contributed by atoms with Crippen LogP contribution < -0.4 is 0 Å². The van der Waals surface area contributed by atoms with Crippen LogP contribution in [0.15, 0.2) is 42.6 Å². The molecule has 0 aliphatic heterocycles. The summed E-state index contributed by atoms with van der Waals surface area (Å²) in [5.74, 6) is 0.458. The second kappa shape index (κ2) is 5.46. The number of fused-ring (bicyclic) bond motifs is 2. The Balaban J connectivity index is 1.89. The monoisotopic (exact) mass is 321 g/mol. The third kappa shape index (κ3) is 2.43. The van der Waals surface area contributed by atoms with E-state index in [1.807, 2.05) is 10.7 Å². The lowest BCUT2D eigenvalue weighted by Crippen LogP contribution is -2.02. The number of benzene rings is 1. The lowest BCUT2D eigenvalue weighted by molar-refractivity contribution is 0.682. The third-order valence-corrected chi connectivity index (χ3v) is 5.56. The Labute approximate surface area is 139 Å². The molecule has 3 aromatic heterocycles. The highest BCUT2D eigenvalue weighted by atomic mass is 32.1.